The van der Waals surface area contributed by atoms with E-state index in [1.165, 1.54) is 0 Å². The lowest BCUT2D eigenvalue weighted by atomic mass is 10.4. The fourth-order valence-corrected chi connectivity index (χ4v) is 9.08. The Balaban J connectivity index is 5.50. The highest BCUT2D eigenvalue weighted by Crippen LogP contribution is 2.29. The first-order valence-corrected chi connectivity index (χ1v) is 15.5. The summed E-state index contributed by atoms with van der Waals surface area (Å²) in [5.41, 5.74) is 0.587. The van der Waals surface area contributed by atoms with Crippen molar-refractivity contribution in [3.63, 3.8) is 0 Å². The normalized spacial score (nSPS) is 11.1. The number of carbonyl (C=O) groups excluding carboxylic acids is 2. The molecular formula is C24H40O9Si2. The summed E-state index contributed by atoms with van der Waals surface area (Å²) in [7, 11) is -6.31. The zero-order chi connectivity index (χ0) is 27.2. The molecule has 11 heteroatoms. The molecule has 0 radical (unpaired) electrons. The second-order valence-electron chi connectivity index (χ2n) is 8.26. The Hall–Kier alpha value is -2.61. The molecule has 0 unspecified atom stereocenters. The van der Waals surface area contributed by atoms with Crippen LogP contribution in [0.2, 0.25) is 18.6 Å². The summed E-state index contributed by atoms with van der Waals surface area (Å²) in [5, 5.41) is 0. The fourth-order valence-electron chi connectivity index (χ4n) is 2.61. The molecule has 0 bridgehead atoms. The number of hydrogen-bond donors (Lipinski definition) is 0. The first-order chi connectivity index (χ1) is 16.1. The highest BCUT2D eigenvalue weighted by atomic mass is 28.4. The van der Waals surface area contributed by atoms with Crippen molar-refractivity contribution in [2.75, 3.05) is 26.4 Å². The van der Waals surface area contributed by atoms with Gasteiger partial charge in [-0.15, -0.1) is 0 Å². The average molecular weight is 529 g/mol. The molecule has 0 atom stereocenters. The van der Waals surface area contributed by atoms with E-state index < -0.39 is 29.3 Å². The van der Waals surface area contributed by atoms with Crippen LogP contribution in [0.1, 0.15) is 34.6 Å². The predicted octanol–water partition coefficient (Wildman–Crippen LogP) is 4.92. The average Bonchev–Trinajstić information content (AvgIpc) is 2.71. The molecule has 0 aromatic carbocycles. The second-order valence-corrected chi connectivity index (χ2v) is 14.1. The molecule has 0 aliphatic carbocycles. The van der Waals surface area contributed by atoms with Gasteiger partial charge in [0.2, 0.25) is 0 Å². The molecule has 0 amide bonds. The molecule has 0 spiro atoms. The maximum atomic E-state index is 11.6. The van der Waals surface area contributed by atoms with Gasteiger partial charge >= 0.3 is 29.3 Å². The number of carbonyl (C=O) groups is 2. The molecule has 0 aromatic heterocycles. The van der Waals surface area contributed by atoms with Crippen molar-refractivity contribution in [3.05, 3.63) is 61.3 Å². The third-order valence-corrected chi connectivity index (χ3v) is 10.1. The first-order valence-electron chi connectivity index (χ1n) is 11.1. The van der Waals surface area contributed by atoms with Gasteiger partial charge in [-0.3, -0.25) is 0 Å². The molecule has 0 aromatic rings. The fraction of sp³-hybridized carbons (Fsp3) is 0.500. The van der Waals surface area contributed by atoms with Gasteiger partial charge in [0, 0.05) is 11.1 Å². The minimum absolute atomic E-state index is 0.0255. The molecule has 198 valence electrons. The van der Waals surface area contributed by atoms with Gasteiger partial charge in [0.25, 0.3) is 0 Å². The molecule has 0 fully saturated rings. The molecule has 0 aliphatic heterocycles. The standard InChI is InChI=1S/C24H40O9Si2/c1-18(2)23(25)27-12-14-29-34(11,30-15-13-28-24(26)19(3)4)16-17-35(31-20(5)6,32-21(7)8)33-22(9)10/h1,3,5,7,9,12-17H2,2,4,6,8,10-11H3. The Kier molecular flexibility index (Phi) is 14.3. The van der Waals surface area contributed by atoms with E-state index in [0.29, 0.717) is 40.5 Å². The third kappa shape index (κ3) is 14.4. The first kappa shape index (κ1) is 32.4. The van der Waals surface area contributed by atoms with E-state index in [-0.39, 0.29) is 26.4 Å². The van der Waals surface area contributed by atoms with Crippen molar-refractivity contribution < 1.29 is 41.2 Å². The molecule has 0 aliphatic rings. The minimum Gasteiger partial charge on any atom is -0.488 e. The van der Waals surface area contributed by atoms with E-state index in [0.717, 1.165) is 0 Å². The second kappa shape index (κ2) is 15.4. The van der Waals surface area contributed by atoms with Crippen LogP contribution in [0.15, 0.2) is 61.3 Å². The third-order valence-electron chi connectivity index (χ3n) is 4.02. The van der Waals surface area contributed by atoms with Gasteiger partial charge < -0.3 is 31.6 Å². The van der Waals surface area contributed by atoms with Crippen LogP contribution in [0.25, 0.3) is 0 Å². The van der Waals surface area contributed by atoms with Crippen LogP contribution in [0, 0.1) is 0 Å². The molecule has 35 heavy (non-hydrogen) atoms. The van der Waals surface area contributed by atoms with Crippen molar-refractivity contribution in [2.24, 2.45) is 0 Å². The predicted molar refractivity (Wildman–Crippen MR) is 138 cm³/mol. The molecular weight excluding hydrogens is 488 g/mol. The van der Waals surface area contributed by atoms with E-state index >= 15 is 0 Å². The molecule has 0 N–H and O–H groups in total. The molecule has 0 heterocycles. The maximum absolute atomic E-state index is 11.6. The van der Waals surface area contributed by atoms with Crippen molar-refractivity contribution in [1.82, 2.24) is 0 Å². The minimum atomic E-state index is -3.37. The van der Waals surface area contributed by atoms with Crippen LogP contribution < -0.4 is 0 Å². The van der Waals surface area contributed by atoms with Crippen molar-refractivity contribution in [1.29, 1.82) is 0 Å². The summed E-state index contributed by atoms with van der Waals surface area (Å²) in [6.45, 7) is 28.8. The van der Waals surface area contributed by atoms with Crippen LogP contribution >= 0.6 is 0 Å². The zero-order valence-electron chi connectivity index (χ0n) is 22.0. The SMILES string of the molecule is C=C(C)O[Si](CC[Si](C)(OCCOC(=O)C(=C)C)OCCOC(=O)C(=C)C)(OC(=C)C)OC(=C)C. The highest BCUT2D eigenvalue weighted by Gasteiger charge is 2.51. The van der Waals surface area contributed by atoms with Gasteiger partial charge in [0.1, 0.15) is 13.2 Å². The van der Waals surface area contributed by atoms with Crippen LogP contribution in [0.4, 0.5) is 0 Å². The van der Waals surface area contributed by atoms with E-state index in [4.69, 9.17) is 31.6 Å². The Morgan fingerprint density at radius 2 is 0.943 bits per heavy atom. The zero-order valence-corrected chi connectivity index (χ0v) is 24.0. The Morgan fingerprint density at radius 3 is 1.23 bits per heavy atom. The number of ether oxygens (including phenoxy) is 2. The van der Waals surface area contributed by atoms with Gasteiger partial charge in [-0.1, -0.05) is 32.9 Å². The van der Waals surface area contributed by atoms with Gasteiger partial charge in [-0.2, -0.15) is 0 Å². The Morgan fingerprint density at radius 1 is 0.600 bits per heavy atom. The molecule has 0 saturated carbocycles. The Bertz CT molecular complexity index is 745. The van der Waals surface area contributed by atoms with E-state index in [9.17, 15) is 9.59 Å². The van der Waals surface area contributed by atoms with Crippen LogP contribution in [-0.2, 0) is 41.2 Å². The summed E-state index contributed by atoms with van der Waals surface area (Å²) < 4.78 is 40.2. The van der Waals surface area contributed by atoms with Gasteiger partial charge in [0.05, 0.1) is 36.5 Å². The topological polar surface area (TPSA) is 98.8 Å². The quantitative estimate of drug-likeness (QED) is 0.0760. The van der Waals surface area contributed by atoms with E-state index in [2.05, 4.69) is 32.9 Å². The highest BCUT2D eigenvalue weighted by molar-refractivity contribution is 6.70. The lowest BCUT2D eigenvalue weighted by molar-refractivity contribution is -0.140. The molecule has 0 rings (SSSR count). The van der Waals surface area contributed by atoms with Crippen molar-refractivity contribution in [2.45, 2.75) is 53.3 Å². The van der Waals surface area contributed by atoms with Gasteiger partial charge in [-0.25, -0.2) is 9.59 Å². The number of rotatable bonds is 19. The lowest BCUT2D eigenvalue weighted by Crippen LogP contribution is -2.48. The van der Waals surface area contributed by atoms with Gasteiger partial charge in [-0.05, 0) is 47.2 Å². The monoisotopic (exact) mass is 528 g/mol. The van der Waals surface area contributed by atoms with Crippen LogP contribution in [0.5, 0.6) is 0 Å². The number of esters is 2. The van der Waals surface area contributed by atoms with Crippen molar-refractivity contribution in [3.8, 4) is 0 Å². The maximum Gasteiger partial charge on any atom is 0.698 e. The molecule has 0 saturated heterocycles. The smallest absolute Gasteiger partial charge is 0.488 e. The lowest BCUT2D eigenvalue weighted by Gasteiger charge is -2.33. The summed E-state index contributed by atoms with van der Waals surface area (Å²) in [5.74, 6) is 0.250. The van der Waals surface area contributed by atoms with Crippen LogP contribution in [-0.4, -0.2) is 55.7 Å². The summed E-state index contributed by atoms with van der Waals surface area (Å²) in [6, 6.07) is 0.690. The van der Waals surface area contributed by atoms with Crippen LogP contribution in [0.3, 0.4) is 0 Å². The van der Waals surface area contributed by atoms with Crippen molar-refractivity contribution >= 4 is 29.3 Å². The summed E-state index contributed by atoms with van der Waals surface area (Å²) in [4.78, 5) is 23.3. The summed E-state index contributed by atoms with van der Waals surface area (Å²) in [6.07, 6.45) is 0. The Labute approximate surface area is 211 Å². The molecule has 9 nitrogen and oxygen atoms in total. The van der Waals surface area contributed by atoms with E-state index in [1.54, 1.807) is 34.6 Å². The number of allylic oxidation sites excluding steroid dienone is 3. The number of hydrogen-bond acceptors (Lipinski definition) is 9. The van der Waals surface area contributed by atoms with E-state index in [1.807, 2.05) is 6.55 Å². The largest absolute Gasteiger partial charge is 0.698 e. The summed E-state index contributed by atoms with van der Waals surface area (Å²) >= 11 is 0. The van der Waals surface area contributed by atoms with Gasteiger partial charge in [0.15, 0.2) is 0 Å².